The third-order valence-electron chi connectivity index (χ3n) is 6.78. The molecular weight excluding hydrogens is 511 g/mol. The van der Waals surface area contributed by atoms with Gasteiger partial charge in [0.05, 0.1) is 11.5 Å². The van der Waals surface area contributed by atoms with Gasteiger partial charge in [0.2, 0.25) is 5.91 Å². The molecule has 0 unspecified atom stereocenters. The van der Waals surface area contributed by atoms with Gasteiger partial charge in [-0.3, -0.25) is 9.59 Å². The Balaban J connectivity index is 2.43. The number of allylic oxidation sites excluding steroid dienone is 1. The number of amides is 1. The molecule has 0 aliphatic heterocycles. The van der Waals surface area contributed by atoms with Crippen molar-refractivity contribution in [3.05, 3.63) is 47.5 Å². The summed E-state index contributed by atoms with van der Waals surface area (Å²) in [5, 5.41) is 22.4. The molecule has 220 valence electrons. The summed E-state index contributed by atoms with van der Waals surface area (Å²) in [6, 6.07) is 4.57. The Hall–Kier alpha value is -2.68. The van der Waals surface area contributed by atoms with Crippen molar-refractivity contribution in [1.29, 1.82) is 0 Å². The largest absolute Gasteiger partial charge is 0.479 e. The molecule has 0 saturated carbocycles. The number of hydrogen-bond acceptors (Lipinski definition) is 4. The molecule has 0 aliphatic carbocycles. The number of unbranched alkanes of at least 4 members (excludes halogenated alkanes) is 8. The van der Waals surface area contributed by atoms with E-state index in [0.717, 1.165) is 57.6 Å². The van der Waals surface area contributed by atoms with E-state index in [2.05, 4.69) is 12.2 Å². The van der Waals surface area contributed by atoms with Crippen molar-refractivity contribution in [2.45, 2.75) is 109 Å². The fourth-order valence-corrected chi connectivity index (χ4v) is 4.18. The summed E-state index contributed by atoms with van der Waals surface area (Å²) in [5.41, 5.74) is -2.51. The van der Waals surface area contributed by atoms with Gasteiger partial charge in [0.25, 0.3) is 0 Å². The van der Waals surface area contributed by atoms with Crippen molar-refractivity contribution in [3.8, 4) is 0 Å². The first-order chi connectivity index (χ1) is 18.4. The average Bonchev–Trinajstić information content (AvgIpc) is 2.87. The van der Waals surface area contributed by atoms with E-state index in [1.54, 1.807) is 6.08 Å². The zero-order chi connectivity index (χ0) is 29.3. The van der Waals surface area contributed by atoms with Crippen LogP contribution < -0.4 is 5.32 Å². The maximum atomic E-state index is 12.7. The summed E-state index contributed by atoms with van der Waals surface area (Å²) < 4.78 is 38.1. The van der Waals surface area contributed by atoms with E-state index < -0.39 is 35.1 Å². The summed E-state index contributed by atoms with van der Waals surface area (Å²) in [5.74, 6) is -3.24. The molecule has 1 aromatic carbocycles. The number of aliphatic carboxylic acids is 1. The molecule has 1 aromatic rings. The van der Waals surface area contributed by atoms with Crippen molar-refractivity contribution in [3.63, 3.8) is 0 Å². The van der Waals surface area contributed by atoms with E-state index >= 15 is 0 Å². The number of carboxylic acids is 1. The molecule has 39 heavy (non-hydrogen) atoms. The summed E-state index contributed by atoms with van der Waals surface area (Å²) in [6.45, 7) is 3.29. The standard InChI is InChI=1S/C30H44F3NO5/c1-3-4-5-8-11-14-25(35)15-12-9-6-7-10-13-16-26(29(2,39)28(37)38)27(36)34-22-21-23-17-19-24(20-18-23)30(31,32)33/h13,16-20,26,39H,3-12,14-15,21-22H2,1-2H3,(H,34,36)(H,37,38)/t26-,29+/m1/s1. The highest BCUT2D eigenvalue weighted by Gasteiger charge is 2.42. The molecule has 2 atom stereocenters. The highest BCUT2D eigenvalue weighted by Crippen LogP contribution is 2.29. The molecule has 0 spiro atoms. The fourth-order valence-electron chi connectivity index (χ4n) is 4.18. The lowest BCUT2D eigenvalue weighted by Crippen LogP contribution is -2.49. The SMILES string of the molecule is CCCCCCCC(=O)CCCCCCC=C[C@H](C(=O)NCCc1ccc(C(F)(F)F)cc1)[C@](C)(O)C(=O)O. The number of carboxylic acid groups (broad SMARTS) is 1. The Morgan fingerprint density at radius 2 is 1.49 bits per heavy atom. The molecule has 0 aromatic heterocycles. The fraction of sp³-hybridized carbons (Fsp3) is 0.633. The number of carbonyl (C=O) groups is 3. The minimum atomic E-state index is -4.43. The van der Waals surface area contributed by atoms with Gasteiger partial charge >= 0.3 is 12.1 Å². The third kappa shape index (κ3) is 13.8. The minimum Gasteiger partial charge on any atom is -0.479 e. The smallest absolute Gasteiger partial charge is 0.416 e. The number of benzene rings is 1. The van der Waals surface area contributed by atoms with Gasteiger partial charge in [-0.2, -0.15) is 13.2 Å². The summed E-state index contributed by atoms with van der Waals surface area (Å²) in [4.78, 5) is 36.2. The number of alkyl halides is 3. The summed E-state index contributed by atoms with van der Waals surface area (Å²) in [7, 11) is 0. The van der Waals surface area contributed by atoms with E-state index in [0.29, 0.717) is 30.6 Å². The van der Waals surface area contributed by atoms with Crippen LogP contribution in [0.3, 0.4) is 0 Å². The van der Waals surface area contributed by atoms with Crippen molar-refractivity contribution in [1.82, 2.24) is 5.32 Å². The van der Waals surface area contributed by atoms with E-state index in [1.165, 1.54) is 37.5 Å². The van der Waals surface area contributed by atoms with Crippen LogP contribution in [0.5, 0.6) is 0 Å². The lowest BCUT2D eigenvalue weighted by Gasteiger charge is -2.25. The van der Waals surface area contributed by atoms with Gasteiger partial charge in [-0.15, -0.1) is 0 Å². The van der Waals surface area contributed by atoms with Gasteiger partial charge in [-0.1, -0.05) is 69.7 Å². The Kier molecular flexibility index (Phi) is 15.7. The van der Waals surface area contributed by atoms with Crippen LogP contribution in [0, 0.1) is 5.92 Å². The van der Waals surface area contributed by atoms with Gasteiger partial charge in [-0.05, 0) is 56.7 Å². The van der Waals surface area contributed by atoms with Crippen LogP contribution in [0.4, 0.5) is 13.2 Å². The Morgan fingerprint density at radius 1 is 0.923 bits per heavy atom. The number of rotatable bonds is 20. The normalized spacial score (nSPS) is 14.2. The predicted molar refractivity (Wildman–Crippen MR) is 145 cm³/mol. The number of hydrogen-bond donors (Lipinski definition) is 3. The monoisotopic (exact) mass is 555 g/mol. The number of ketones is 1. The number of aliphatic hydroxyl groups is 1. The number of Topliss-reactive ketones (excluding diaryl/α,β-unsaturated/α-hetero) is 1. The van der Waals surface area contributed by atoms with Gasteiger partial charge in [-0.25, -0.2) is 4.79 Å². The molecule has 0 saturated heterocycles. The molecule has 0 aliphatic rings. The van der Waals surface area contributed by atoms with Crippen molar-refractivity contribution in [2.24, 2.45) is 5.92 Å². The second kappa shape index (κ2) is 17.8. The lowest BCUT2D eigenvalue weighted by molar-refractivity contribution is -0.163. The van der Waals surface area contributed by atoms with Crippen LogP contribution in [-0.4, -0.2) is 40.0 Å². The summed E-state index contributed by atoms with van der Waals surface area (Å²) in [6.07, 6.45) is 9.85. The van der Waals surface area contributed by atoms with Crippen LogP contribution in [0.25, 0.3) is 0 Å². The number of carbonyl (C=O) groups excluding carboxylic acids is 2. The van der Waals surface area contributed by atoms with E-state index in [9.17, 15) is 37.8 Å². The molecule has 9 heteroatoms. The van der Waals surface area contributed by atoms with Gasteiger partial charge in [0, 0.05) is 19.4 Å². The zero-order valence-corrected chi connectivity index (χ0v) is 23.2. The van der Waals surface area contributed by atoms with Crippen LogP contribution in [0.1, 0.15) is 102 Å². The van der Waals surface area contributed by atoms with Crippen LogP contribution in [-0.2, 0) is 27.0 Å². The number of halogens is 3. The van der Waals surface area contributed by atoms with Crippen molar-refractivity contribution < 1.29 is 37.8 Å². The van der Waals surface area contributed by atoms with Gasteiger partial charge < -0.3 is 15.5 Å². The second-order valence-corrected chi connectivity index (χ2v) is 10.2. The summed E-state index contributed by atoms with van der Waals surface area (Å²) >= 11 is 0. The Bertz CT molecular complexity index is 910. The van der Waals surface area contributed by atoms with Gasteiger partial charge in [0.15, 0.2) is 5.60 Å². The molecular formula is C30H44F3NO5. The topological polar surface area (TPSA) is 104 Å². The van der Waals surface area contributed by atoms with E-state index in [1.807, 2.05) is 0 Å². The molecule has 0 radical (unpaired) electrons. The molecule has 0 heterocycles. The highest BCUT2D eigenvalue weighted by atomic mass is 19.4. The molecule has 0 fully saturated rings. The van der Waals surface area contributed by atoms with Crippen LogP contribution >= 0.6 is 0 Å². The number of nitrogens with one attached hydrogen (secondary N) is 1. The average molecular weight is 556 g/mol. The van der Waals surface area contributed by atoms with Crippen LogP contribution in [0.15, 0.2) is 36.4 Å². The van der Waals surface area contributed by atoms with Crippen molar-refractivity contribution >= 4 is 17.7 Å². The molecule has 1 rings (SSSR count). The van der Waals surface area contributed by atoms with Crippen molar-refractivity contribution in [2.75, 3.05) is 6.54 Å². The molecule has 0 bridgehead atoms. The second-order valence-electron chi connectivity index (χ2n) is 10.2. The lowest BCUT2D eigenvalue weighted by atomic mass is 9.87. The first kappa shape index (κ1) is 34.3. The predicted octanol–water partition coefficient (Wildman–Crippen LogP) is 6.64. The third-order valence-corrected chi connectivity index (χ3v) is 6.78. The molecule has 1 amide bonds. The minimum absolute atomic E-state index is 0.0711. The first-order valence-corrected chi connectivity index (χ1v) is 14.0. The highest BCUT2D eigenvalue weighted by molar-refractivity contribution is 5.90. The molecule has 3 N–H and O–H groups in total. The van der Waals surface area contributed by atoms with E-state index in [-0.39, 0.29) is 13.0 Å². The van der Waals surface area contributed by atoms with E-state index in [4.69, 9.17) is 0 Å². The molecule has 6 nitrogen and oxygen atoms in total. The van der Waals surface area contributed by atoms with Crippen LogP contribution in [0.2, 0.25) is 0 Å². The maximum absolute atomic E-state index is 12.7. The maximum Gasteiger partial charge on any atom is 0.416 e. The quantitative estimate of drug-likeness (QED) is 0.124. The zero-order valence-electron chi connectivity index (χ0n) is 23.2. The Labute approximate surface area is 230 Å². The van der Waals surface area contributed by atoms with Gasteiger partial charge in [0.1, 0.15) is 5.78 Å². The first-order valence-electron chi connectivity index (χ1n) is 14.0. The Morgan fingerprint density at radius 3 is 2.03 bits per heavy atom.